The van der Waals surface area contributed by atoms with Gasteiger partial charge in [0.1, 0.15) is 0 Å². The van der Waals surface area contributed by atoms with Crippen LogP contribution < -0.4 is 14.8 Å². The molecule has 1 amide bonds. The molecule has 0 atom stereocenters. The van der Waals surface area contributed by atoms with Gasteiger partial charge in [0.2, 0.25) is 11.0 Å². The van der Waals surface area contributed by atoms with Gasteiger partial charge in [-0.2, -0.15) is 0 Å². The van der Waals surface area contributed by atoms with Crippen LogP contribution in [-0.2, 0) is 4.79 Å². The van der Waals surface area contributed by atoms with Crippen LogP contribution >= 0.6 is 23.1 Å². The van der Waals surface area contributed by atoms with Crippen LogP contribution in [0.15, 0.2) is 28.6 Å². The Labute approximate surface area is 155 Å². The number of aromatic nitrogens is 2. The lowest BCUT2D eigenvalue weighted by molar-refractivity contribution is -0.111. The Morgan fingerprint density at radius 3 is 2.88 bits per heavy atom. The van der Waals surface area contributed by atoms with Crippen molar-refractivity contribution >= 4 is 40.2 Å². The van der Waals surface area contributed by atoms with Gasteiger partial charge in [-0.15, -0.1) is 10.2 Å². The van der Waals surface area contributed by atoms with Crippen molar-refractivity contribution in [3.63, 3.8) is 0 Å². The van der Waals surface area contributed by atoms with Crippen LogP contribution in [0.25, 0.3) is 6.08 Å². The van der Waals surface area contributed by atoms with Gasteiger partial charge in [-0.3, -0.25) is 10.1 Å². The summed E-state index contributed by atoms with van der Waals surface area (Å²) in [5.74, 6) is 2.04. The third-order valence-electron chi connectivity index (χ3n) is 2.98. The van der Waals surface area contributed by atoms with Gasteiger partial charge < -0.3 is 9.47 Å². The second-order valence-corrected chi connectivity index (χ2v) is 7.21. The van der Waals surface area contributed by atoms with E-state index in [4.69, 9.17) is 9.47 Å². The average Bonchev–Trinajstić information content (AvgIpc) is 3.06. The molecule has 8 heteroatoms. The van der Waals surface area contributed by atoms with E-state index in [1.807, 2.05) is 25.1 Å². The van der Waals surface area contributed by atoms with E-state index in [-0.39, 0.29) is 5.91 Å². The maximum Gasteiger partial charge on any atom is 0.250 e. The lowest BCUT2D eigenvalue weighted by Crippen LogP contribution is -2.07. The first-order valence-corrected chi connectivity index (χ1v) is 9.72. The second-order valence-electron chi connectivity index (χ2n) is 4.89. The highest BCUT2D eigenvalue weighted by Gasteiger charge is 2.07. The number of anilines is 1. The summed E-state index contributed by atoms with van der Waals surface area (Å²) < 4.78 is 11.6. The van der Waals surface area contributed by atoms with Crippen molar-refractivity contribution in [3.05, 3.63) is 29.8 Å². The highest BCUT2D eigenvalue weighted by molar-refractivity contribution is 8.01. The Kier molecular flexibility index (Phi) is 7.75. The molecule has 1 aromatic carbocycles. The predicted octanol–water partition coefficient (Wildman–Crippen LogP) is 4.10. The molecule has 1 N–H and O–H groups in total. The largest absolute Gasteiger partial charge is 0.493 e. The second kappa shape index (κ2) is 10.0. The van der Waals surface area contributed by atoms with Crippen molar-refractivity contribution < 1.29 is 14.3 Å². The van der Waals surface area contributed by atoms with Crippen molar-refractivity contribution in [2.45, 2.75) is 24.6 Å². The highest BCUT2D eigenvalue weighted by Crippen LogP contribution is 2.28. The standard InChI is InChI=1S/C17H21N3O3S2/c1-4-10-24-17-20-19-16(25-17)18-15(21)9-7-12-6-8-13(23-5-2)14(11-12)22-3/h6-9,11H,4-5,10H2,1-3H3,(H,18,19,21)/b9-7+. The smallest absolute Gasteiger partial charge is 0.250 e. The number of carbonyl (C=O) groups excluding carboxylic acids is 1. The monoisotopic (exact) mass is 379 g/mol. The van der Waals surface area contributed by atoms with Gasteiger partial charge in [-0.1, -0.05) is 36.1 Å². The number of thioether (sulfide) groups is 1. The number of methoxy groups -OCH3 is 1. The normalized spacial score (nSPS) is 10.8. The summed E-state index contributed by atoms with van der Waals surface area (Å²) in [5.41, 5.74) is 0.840. The molecule has 2 aromatic rings. The lowest BCUT2D eigenvalue weighted by atomic mass is 10.2. The Balaban J connectivity index is 1.96. The van der Waals surface area contributed by atoms with E-state index in [1.165, 1.54) is 17.4 Å². The van der Waals surface area contributed by atoms with E-state index in [9.17, 15) is 4.79 Å². The van der Waals surface area contributed by atoms with E-state index >= 15 is 0 Å². The molecule has 0 saturated heterocycles. The number of carbonyl (C=O) groups is 1. The van der Waals surface area contributed by atoms with Crippen molar-refractivity contribution in [2.24, 2.45) is 0 Å². The minimum atomic E-state index is -0.254. The molecule has 6 nitrogen and oxygen atoms in total. The Morgan fingerprint density at radius 1 is 1.32 bits per heavy atom. The van der Waals surface area contributed by atoms with Crippen LogP contribution in [-0.4, -0.2) is 35.6 Å². The van der Waals surface area contributed by atoms with Crippen molar-refractivity contribution in [2.75, 3.05) is 24.8 Å². The number of rotatable bonds is 9. The van der Waals surface area contributed by atoms with E-state index in [1.54, 1.807) is 24.9 Å². The van der Waals surface area contributed by atoms with Gasteiger partial charge in [0.15, 0.2) is 15.8 Å². The molecule has 0 saturated carbocycles. The summed E-state index contributed by atoms with van der Waals surface area (Å²) in [6.45, 7) is 4.59. The minimum absolute atomic E-state index is 0.254. The van der Waals surface area contributed by atoms with Gasteiger partial charge in [-0.25, -0.2) is 0 Å². The quantitative estimate of drug-likeness (QED) is 0.402. The Morgan fingerprint density at radius 2 is 2.16 bits per heavy atom. The van der Waals surface area contributed by atoms with Crippen LogP contribution in [0.5, 0.6) is 11.5 Å². The summed E-state index contributed by atoms with van der Waals surface area (Å²) >= 11 is 3.01. The fourth-order valence-electron chi connectivity index (χ4n) is 1.89. The Hall–Kier alpha value is -2.06. The molecular weight excluding hydrogens is 358 g/mol. The molecule has 1 aromatic heterocycles. The summed E-state index contributed by atoms with van der Waals surface area (Å²) in [7, 11) is 1.58. The number of amides is 1. The number of nitrogens with one attached hydrogen (secondary N) is 1. The Bertz CT molecular complexity index is 732. The molecule has 25 heavy (non-hydrogen) atoms. The van der Waals surface area contributed by atoms with Gasteiger partial charge >= 0.3 is 0 Å². The van der Waals surface area contributed by atoms with E-state index in [2.05, 4.69) is 22.4 Å². The first kappa shape index (κ1) is 19.3. The molecule has 0 spiro atoms. The third-order valence-corrected chi connectivity index (χ3v) is 5.16. The number of hydrogen-bond acceptors (Lipinski definition) is 7. The van der Waals surface area contributed by atoms with Crippen molar-refractivity contribution in [1.82, 2.24) is 10.2 Å². The average molecular weight is 380 g/mol. The maximum atomic E-state index is 12.0. The maximum absolute atomic E-state index is 12.0. The predicted molar refractivity (Wildman–Crippen MR) is 103 cm³/mol. The molecule has 0 bridgehead atoms. The highest BCUT2D eigenvalue weighted by atomic mass is 32.2. The van der Waals surface area contributed by atoms with Crippen LogP contribution in [0.3, 0.4) is 0 Å². The fraction of sp³-hybridized carbons (Fsp3) is 0.353. The molecule has 0 aliphatic heterocycles. The number of nitrogens with zero attached hydrogens (tertiary/aromatic N) is 2. The van der Waals surface area contributed by atoms with Crippen LogP contribution in [0.4, 0.5) is 5.13 Å². The van der Waals surface area contributed by atoms with Crippen molar-refractivity contribution in [3.8, 4) is 11.5 Å². The minimum Gasteiger partial charge on any atom is -0.493 e. The van der Waals surface area contributed by atoms with Gasteiger partial charge in [0, 0.05) is 11.8 Å². The van der Waals surface area contributed by atoms with E-state index < -0.39 is 0 Å². The summed E-state index contributed by atoms with van der Waals surface area (Å²) in [6.07, 6.45) is 4.23. The van der Waals surface area contributed by atoms with Gasteiger partial charge in [-0.05, 0) is 37.1 Å². The number of benzene rings is 1. The zero-order valence-corrected chi connectivity index (χ0v) is 16.1. The first-order valence-electron chi connectivity index (χ1n) is 7.92. The van der Waals surface area contributed by atoms with E-state index in [0.29, 0.717) is 23.2 Å². The molecule has 0 fully saturated rings. The lowest BCUT2D eigenvalue weighted by Gasteiger charge is -2.09. The molecule has 0 aliphatic carbocycles. The van der Waals surface area contributed by atoms with Gasteiger partial charge in [0.25, 0.3) is 0 Å². The number of hydrogen-bond donors (Lipinski definition) is 1. The zero-order chi connectivity index (χ0) is 18.1. The molecule has 134 valence electrons. The molecule has 2 rings (SSSR count). The zero-order valence-electron chi connectivity index (χ0n) is 14.4. The molecular formula is C17H21N3O3S2. The van der Waals surface area contributed by atoms with Crippen LogP contribution in [0.2, 0.25) is 0 Å². The van der Waals surface area contributed by atoms with Crippen LogP contribution in [0, 0.1) is 0 Å². The molecule has 1 heterocycles. The van der Waals surface area contributed by atoms with Gasteiger partial charge in [0.05, 0.1) is 13.7 Å². The van der Waals surface area contributed by atoms with Crippen molar-refractivity contribution in [1.29, 1.82) is 0 Å². The van der Waals surface area contributed by atoms with E-state index in [0.717, 1.165) is 22.1 Å². The summed E-state index contributed by atoms with van der Waals surface area (Å²) in [5, 5.41) is 11.2. The summed E-state index contributed by atoms with van der Waals surface area (Å²) in [6, 6.07) is 5.50. The molecule has 0 unspecified atom stereocenters. The number of ether oxygens (including phenoxy) is 2. The topological polar surface area (TPSA) is 73.3 Å². The molecule has 0 aliphatic rings. The SMILES string of the molecule is CCCSc1nnc(NC(=O)/C=C/c2ccc(OCC)c(OC)c2)s1. The summed E-state index contributed by atoms with van der Waals surface area (Å²) in [4.78, 5) is 12.0. The third kappa shape index (κ3) is 6.06. The van der Waals surface area contributed by atoms with Crippen LogP contribution in [0.1, 0.15) is 25.8 Å². The first-order chi connectivity index (χ1) is 12.2. The molecule has 0 radical (unpaired) electrons. The fourth-order valence-corrected chi connectivity index (χ4v) is 3.57.